The number of benzene rings is 1. The molecule has 0 atom stereocenters. The summed E-state index contributed by atoms with van der Waals surface area (Å²) >= 11 is 0. The van der Waals surface area contributed by atoms with Gasteiger partial charge in [-0.3, -0.25) is 20.1 Å². The summed E-state index contributed by atoms with van der Waals surface area (Å²) in [5.41, 5.74) is 1.56. The lowest BCUT2D eigenvalue weighted by atomic mass is 10.1. The van der Waals surface area contributed by atoms with Gasteiger partial charge in [-0.15, -0.1) is 0 Å². The van der Waals surface area contributed by atoms with E-state index in [2.05, 4.69) is 0 Å². The highest BCUT2D eigenvalue weighted by molar-refractivity contribution is 5.91. The zero-order chi connectivity index (χ0) is 13.1. The number of para-hydroxylation sites is 1. The number of nitro groups is 1. The van der Waals surface area contributed by atoms with E-state index in [1.54, 1.807) is 6.07 Å². The third-order valence-electron chi connectivity index (χ3n) is 2.30. The zero-order valence-electron chi connectivity index (χ0n) is 8.99. The number of carbonyl (C=O) groups is 1. The molecule has 1 amide bonds. The quantitative estimate of drug-likeness (QED) is 0.490. The van der Waals surface area contributed by atoms with Gasteiger partial charge in [-0.05, 0) is 18.2 Å². The minimum atomic E-state index is -0.820. The van der Waals surface area contributed by atoms with Crippen LogP contribution in [0.25, 0.3) is 11.3 Å². The van der Waals surface area contributed by atoms with Crippen molar-refractivity contribution in [1.82, 2.24) is 5.48 Å². The van der Waals surface area contributed by atoms with Gasteiger partial charge in [0.05, 0.1) is 10.5 Å². The van der Waals surface area contributed by atoms with E-state index in [0.717, 1.165) is 0 Å². The second kappa shape index (κ2) is 4.68. The number of nitro benzene ring substituents is 1. The average molecular weight is 248 g/mol. The summed E-state index contributed by atoms with van der Waals surface area (Å²) in [5, 5.41) is 19.3. The van der Waals surface area contributed by atoms with Gasteiger partial charge in [-0.1, -0.05) is 12.1 Å². The van der Waals surface area contributed by atoms with Gasteiger partial charge in [0.2, 0.25) is 0 Å². The van der Waals surface area contributed by atoms with Crippen molar-refractivity contribution in [3.63, 3.8) is 0 Å². The van der Waals surface area contributed by atoms with Crippen LogP contribution < -0.4 is 5.48 Å². The molecule has 0 aliphatic heterocycles. The first kappa shape index (κ1) is 11.8. The number of nitrogens with one attached hydrogen (secondary N) is 1. The SMILES string of the molecule is O=C(NO)c1ccc(-c2ccccc2[N+](=O)[O-])o1. The lowest BCUT2D eigenvalue weighted by Crippen LogP contribution is -2.17. The second-order valence-electron chi connectivity index (χ2n) is 3.38. The molecule has 2 N–H and O–H groups in total. The topological polar surface area (TPSA) is 106 Å². The van der Waals surface area contributed by atoms with E-state index in [1.807, 2.05) is 0 Å². The molecule has 0 saturated heterocycles. The molecule has 0 aliphatic rings. The minimum Gasteiger partial charge on any atom is -0.451 e. The molecule has 18 heavy (non-hydrogen) atoms. The molecule has 2 rings (SSSR count). The van der Waals surface area contributed by atoms with Crippen molar-refractivity contribution in [2.75, 3.05) is 0 Å². The second-order valence-corrected chi connectivity index (χ2v) is 3.38. The van der Waals surface area contributed by atoms with E-state index in [0.29, 0.717) is 0 Å². The summed E-state index contributed by atoms with van der Waals surface area (Å²) in [5.74, 6) is -0.772. The first-order chi connectivity index (χ1) is 8.63. The molecule has 0 aliphatic carbocycles. The summed E-state index contributed by atoms with van der Waals surface area (Å²) in [4.78, 5) is 21.4. The smallest absolute Gasteiger partial charge is 0.310 e. The van der Waals surface area contributed by atoms with Crippen LogP contribution in [0.5, 0.6) is 0 Å². The Kier molecular flexibility index (Phi) is 3.07. The Labute approximate surface area is 101 Å². The van der Waals surface area contributed by atoms with Crippen molar-refractivity contribution in [3.8, 4) is 11.3 Å². The number of amides is 1. The molecule has 0 bridgehead atoms. The van der Waals surface area contributed by atoms with Crippen molar-refractivity contribution in [1.29, 1.82) is 0 Å². The lowest BCUT2D eigenvalue weighted by molar-refractivity contribution is -0.384. The third kappa shape index (κ3) is 2.06. The Hall–Kier alpha value is -2.67. The fourth-order valence-electron chi connectivity index (χ4n) is 1.50. The number of hydrogen-bond donors (Lipinski definition) is 2. The van der Waals surface area contributed by atoms with Crippen LogP contribution in [0.15, 0.2) is 40.8 Å². The maximum atomic E-state index is 11.1. The van der Waals surface area contributed by atoms with E-state index in [4.69, 9.17) is 9.62 Å². The van der Waals surface area contributed by atoms with E-state index >= 15 is 0 Å². The monoisotopic (exact) mass is 248 g/mol. The average Bonchev–Trinajstić information content (AvgIpc) is 2.87. The molecule has 0 radical (unpaired) electrons. The van der Waals surface area contributed by atoms with Crippen LogP contribution in [0.2, 0.25) is 0 Å². The molecule has 7 nitrogen and oxygen atoms in total. The van der Waals surface area contributed by atoms with Crippen LogP contribution in [-0.4, -0.2) is 16.0 Å². The number of nitrogens with zero attached hydrogens (tertiary/aromatic N) is 1. The standard InChI is InChI=1S/C11H8N2O5/c14-11(12-15)10-6-5-9(18-10)7-3-1-2-4-8(7)13(16)17/h1-6,15H,(H,12,14). The first-order valence-corrected chi connectivity index (χ1v) is 4.91. The molecule has 0 spiro atoms. The van der Waals surface area contributed by atoms with Gasteiger partial charge in [0.1, 0.15) is 5.76 Å². The van der Waals surface area contributed by atoms with E-state index < -0.39 is 10.8 Å². The lowest BCUT2D eigenvalue weighted by Gasteiger charge is -1.99. The highest BCUT2D eigenvalue weighted by Gasteiger charge is 2.18. The van der Waals surface area contributed by atoms with E-state index in [-0.39, 0.29) is 22.8 Å². The van der Waals surface area contributed by atoms with Crippen molar-refractivity contribution in [3.05, 3.63) is 52.3 Å². The van der Waals surface area contributed by atoms with Crippen molar-refractivity contribution >= 4 is 11.6 Å². The Morgan fingerprint density at radius 1 is 1.28 bits per heavy atom. The number of rotatable bonds is 3. The van der Waals surface area contributed by atoms with Gasteiger partial charge >= 0.3 is 5.91 Å². The summed E-state index contributed by atoms with van der Waals surface area (Å²) < 4.78 is 5.14. The molecule has 7 heteroatoms. The van der Waals surface area contributed by atoms with Crippen LogP contribution in [-0.2, 0) is 0 Å². The summed E-state index contributed by atoms with van der Waals surface area (Å²) in [6, 6.07) is 8.74. The molecule has 0 saturated carbocycles. The summed E-state index contributed by atoms with van der Waals surface area (Å²) in [6.45, 7) is 0. The van der Waals surface area contributed by atoms with Gasteiger partial charge in [0.15, 0.2) is 5.76 Å². The van der Waals surface area contributed by atoms with E-state index in [1.165, 1.54) is 35.8 Å². The first-order valence-electron chi connectivity index (χ1n) is 4.91. The highest BCUT2D eigenvalue weighted by Crippen LogP contribution is 2.30. The van der Waals surface area contributed by atoms with Gasteiger partial charge in [-0.2, -0.15) is 0 Å². The molecule has 1 aromatic heterocycles. The van der Waals surface area contributed by atoms with Crippen molar-refractivity contribution in [2.45, 2.75) is 0 Å². The maximum absolute atomic E-state index is 11.1. The summed E-state index contributed by atoms with van der Waals surface area (Å²) in [7, 11) is 0. The van der Waals surface area contributed by atoms with Crippen molar-refractivity contribution < 1.29 is 19.3 Å². The van der Waals surface area contributed by atoms with Crippen LogP contribution in [0.4, 0.5) is 5.69 Å². The van der Waals surface area contributed by atoms with Crippen LogP contribution in [0, 0.1) is 10.1 Å². The normalized spacial score (nSPS) is 10.1. The zero-order valence-corrected chi connectivity index (χ0v) is 8.99. The van der Waals surface area contributed by atoms with Crippen LogP contribution in [0.1, 0.15) is 10.6 Å². The number of furan rings is 1. The van der Waals surface area contributed by atoms with Gasteiger partial charge in [-0.25, -0.2) is 5.48 Å². The Morgan fingerprint density at radius 3 is 2.67 bits per heavy atom. The molecule has 2 aromatic rings. The highest BCUT2D eigenvalue weighted by atomic mass is 16.6. The molecule has 0 unspecified atom stereocenters. The molecule has 1 aromatic carbocycles. The molecule has 92 valence electrons. The number of carbonyl (C=O) groups excluding carboxylic acids is 1. The third-order valence-corrected chi connectivity index (χ3v) is 2.30. The van der Waals surface area contributed by atoms with Crippen LogP contribution >= 0.6 is 0 Å². The largest absolute Gasteiger partial charge is 0.451 e. The van der Waals surface area contributed by atoms with E-state index in [9.17, 15) is 14.9 Å². The number of hydrogen-bond acceptors (Lipinski definition) is 5. The maximum Gasteiger partial charge on any atom is 0.310 e. The fraction of sp³-hybridized carbons (Fsp3) is 0. The van der Waals surface area contributed by atoms with Crippen molar-refractivity contribution in [2.24, 2.45) is 0 Å². The Balaban J connectivity index is 2.46. The predicted molar refractivity (Wildman–Crippen MR) is 60.1 cm³/mol. The predicted octanol–water partition coefficient (Wildman–Crippen LogP) is 1.97. The summed E-state index contributed by atoms with van der Waals surface area (Å²) in [6.07, 6.45) is 0. The minimum absolute atomic E-state index is 0.122. The van der Waals surface area contributed by atoms with Gasteiger partial charge in [0.25, 0.3) is 5.69 Å². The van der Waals surface area contributed by atoms with Gasteiger partial charge < -0.3 is 4.42 Å². The Morgan fingerprint density at radius 2 is 2.00 bits per heavy atom. The molecular weight excluding hydrogens is 240 g/mol. The molecule has 1 heterocycles. The van der Waals surface area contributed by atoms with Gasteiger partial charge in [0, 0.05) is 6.07 Å². The number of hydroxylamine groups is 1. The fourth-order valence-corrected chi connectivity index (χ4v) is 1.50. The molecular formula is C11H8N2O5. The Bertz CT molecular complexity index is 605. The molecule has 0 fully saturated rings. The van der Waals surface area contributed by atoms with Crippen LogP contribution in [0.3, 0.4) is 0 Å².